The van der Waals surface area contributed by atoms with Crippen LogP contribution in [0.2, 0.25) is 0 Å². The monoisotopic (exact) mass is 748 g/mol. The molecule has 0 unspecified atom stereocenters. The van der Waals surface area contributed by atoms with Crippen LogP contribution in [0.15, 0.2) is 58.7 Å². The van der Waals surface area contributed by atoms with Crippen LogP contribution in [0.1, 0.15) is 62.5 Å². The molecule has 0 fully saturated rings. The first-order valence-electron chi connectivity index (χ1n) is 12.9. The molecule has 0 bridgehead atoms. The predicted molar refractivity (Wildman–Crippen MR) is 155 cm³/mol. The smallest absolute Gasteiger partial charge is 0.872 e. The number of hydrazone groups is 2. The molecular formula is C26H34Cu2N6O12. The number of hydrogen-bond donors (Lipinski definition) is 4. The van der Waals surface area contributed by atoms with Gasteiger partial charge >= 0.3 is 34.1 Å². The summed E-state index contributed by atoms with van der Waals surface area (Å²) in [5, 5.41) is 76.7. The molecule has 0 saturated heterocycles. The second-order valence-corrected chi connectivity index (χ2v) is 8.18. The summed E-state index contributed by atoms with van der Waals surface area (Å²) in [6, 6.07) is 12.9. The number of carbonyl (C=O) groups is 2. The summed E-state index contributed by atoms with van der Waals surface area (Å²) in [5.41, 5.74) is 5.61. The molecule has 46 heavy (non-hydrogen) atoms. The third-order valence-corrected chi connectivity index (χ3v) is 4.75. The summed E-state index contributed by atoms with van der Waals surface area (Å²) in [5.74, 6) is -0.628. The number of nitrogens with zero attached hydrogens (tertiary/aromatic N) is 4. The van der Waals surface area contributed by atoms with Gasteiger partial charge in [-0.25, -0.2) is 10.9 Å². The number of aliphatic hydroxyl groups excluding tert-OH is 2. The first-order valence-corrected chi connectivity index (χ1v) is 12.9. The van der Waals surface area contributed by atoms with Gasteiger partial charge in [-0.2, -0.15) is 10.2 Å². The quantitative estimate of drug-likeness (QED) is 0.0693. The van der Waals surface area contributed by atoms with E-state index in [0.29, 0.717) is 36.8 Å². The second-order valence-electron chi connectivity index (χ2n) is 8.18. The van der Waals surface area contributed by atoms with Gasteiger partial charge in [0.1, 0.15) is 0 Å². The van der Waals surface area contributed by atoms with Crippen molar-refractivity contribution in [2.24, 2.45) is 10.2 Å². The maximum Gasteiger partial charge on any atom is 2.00 e. The van der Waals surface area contributed by atoms with E-state index in [1.54, 1.807) is 36.4 Å². The largest absolute Gasteiger partial charge is 2.00 e. The number of aliphatic hydroxyl groups is 2. The van der Waals surface area contributed by atoms with Crippen molar-refractivity contribution in [1.82, 2.24) is 10.9 Å². The third kappa shape index (κ3) is 34.2. The Bertz CT molecular complexity index is 1080. The van der Waals surface area contributed by atoms with Gasteiger partial charge in [0.2, 0.25) is 11.8 Å². The molecule has 2 aromatic rings. The molecule has 0 aliphatic carbocycles. The standard InChI is InChI=1S/2C13H18N2O3.2Cu.2NO3/c2*16-9-5-1-2-8-13(18)15-14-10-11-6-3-4-7-12(11)17;;;2*2-1(3)4/h2*3-4,6-7,10,16-17H,1-2,5,8-9H2,(H,15,18);;;;/q;;2*+2;2*-1/p-2/b2*14-10+;;;;. The number of carbonyl (C=O) groups excluding carboxylic acids is 2. The van der Waals surface area contributed by atoms with Crippen LogP contribution in [0.25, 0.3) is 0 Å². The topological polar surface area (TPSA) is 302 Å². The summed E-state index contributed by atoms with van der Waals surface area (Å²) in [6.07, 6.45) is 7.92. The number of amides is 2. The van der Waals surface area contributed by atoms with Crippen molar-refractivity contribution in [3.63, 3.8) is 0 Å². The van der Waals surface area contributed by atoms with E-state index in [4.69, 9.17) is 40.9 Å². The Morgan fingerprint density at radius 1 is 0.630 bits per heavy atom. The zero-order valence-corrected chi connectivity index (χ0v) is 26.1. The summed E-state index contributed by atoms with van der Waals surface area (Å²) in [7, 11) is 0. The number of unbranched alkanes of at least 4 members (excludes halogenated alkanes) is 4. The van der Waals surface area contributed by atoms with Crippen LogP contribution >= 0.6 is 0 Å². The van der Waals surface area contributed by atoms with Crippen LogP contribution in [0.5, 0.6) is 11.5 Å². The molecular weight excluding hydrogens is 715 g/mol. The van der Waals surface area contributed by atoms with Crippen molar-refractivity contribution >= 4 is 24.2 Å². The van der Waals surface area contributed by atoms with E-state index in [-0.39, 0.29) is 70.7 Å². The summed E-state index contributed by atoms with van der Waals surface area (Å²) >= 11 is 0. The first-order chi connectivity index (χ1) is 20.9. The zero-order valence-electron chi connectivity index (χ0n) is 24.2. The molecule has 0 aliphatic heterocycles. The SMILES string of the molecule is O=C(CCCCCO)N/N=C/c1ccccc1[O-].O=C(CCCCCO)N/N=C/c1ccccc1[O-].O=[N+]([O-])[O-].O=[N+]([O-])[O-].[Cu+2].[Cu+2]. The van der Waals surface area contributed by atoms with Crippen LogP contribution in [-0.2, 0) is 43.7 Å². The fourth-order valence-electron chi connectivity index (χ4n) is 2.78. The Morgan fingerprint density at radius 3 is 1.22 bits per heavy atom. The minimum absolute atomic E-state index is 0. The van der Waals surface area contributed by atoms with Crippen LogP contribution in [0, 0.1) is 30.6 Å². The van der Waals surface area contributed by atoms with Gasteiger partial charge in [-0.05, 0) is 36.8 Å². The number of rotatable bonds is 14. The molecule has 0 spiro atoms. The molecule has 2 aromatic carbocycles. The summed E-state index contributed by atoms with van der Waals surface area (Å²) in [4.78, 5) is 39.1. The maximum absolute atomic E-state index is 11.3. The van der Waals surface area contributed by atoms with Gasteiger partial charge in [-0.1, -0.05) is 72.9 Å². The fourth-order valence-corrected chi connectivity index (χ4v) is 2.78. The Hall–Kier alpha value is -4.32. The van der Waals surface area contributed by atoms with Gasteiger partial charge in [0.15, 0.2) is 0 Å². The van der Waals surface area contributed by atoms with Gasteiger partial charge < -0.3 is 51.1 Å². The first kappa shape index (κ1) is 48.6. The van der Waals surface area contributed by atoms with Crippen LogP contribution in [0.3, 0.4) is 0 Å². The van der Waals surface area contributed by atoms with E-state index in [2.05, 4.69) is 21.1 Å². The Labute approximate surface area is 285 Å². The second kappa shape index (κ2) is 33.6. The van der Waals surface area contributed by atoms with Crippen LogP contribution < -0.4 is 21.1 Å². The molecule has 20 heteroatoms. The molecule has 262 valence electrons. The van der Waals surface area contributed by atoms with Gasteiger partial charge in [0, 0.05) is 26.1 Å². The molecule has 18 nitrogen and oxygen atoms in total. The number of nitrogens with one attached hydrogen (secondary N) is 2. The van der Waals surface area contributed by atoms with E-state index in [1.807, 2.05) is 0 Å². The Morgan fingerprint density at radius 2 is 0.935 bits per heavy atom. The van der Waals surface area contributed by atoms with Crippen molar-refractivity contribution in [1.29, 1.82) is 0 Å². The van der Waals surface area contributed by atoms with E-state index < -0.39 is 10.2 Å². The number of para-hydroxylation sites is 2. The Kier molecular flexibility index (Phi) is 35.5. The van der Waals surface area contributed by atoms with E-state index in [1.165, 1.54) is 24.6 Å². The number of hydrogen-bond acceptors (Lipinski definition) is 14. The van der Waals surface area contributed by atoms with Gasteiger partial charge in [-0.15, -0.1) is 0 Å². The molecule has 4 N–H and O–H groups in total. The predicted octanol–water partition coefficient (Wildman–Crippen LogP) is 1.04. The van der Waals surface area contributed by atoms with Crippen LogP contribution in [0.4, 0.5) is 0 Å². The van der Waals surface area contributed by atoms with E-state index in [0.717, 1.165) is 25.7 Å². The normalized spacial score (nSPS) is 9.43. The number of benzene rings is 2. The zero-order chi connectivity index (χ0) is 33.6. The molecule has 2 rings (SSSR count). The Balaban J connectivity index is -0.000000300. The molecule has 0 heterocycles. The van der Waals surface area contributed by atoms with Gasteiger partial charge in [-0.3, -0.25) is 9.59 Å². The molecule has 0 saturated carbocycles. The van der Waals surface area contributed by atoms with Crippen molar-refractivity contribution in [3.05, 3.63) is 90.3 Å². The average molecular weight is 750 g/mol. The molecule has 2 amide bonds. The summed E-state index contributed by atoms with van der Waals surface area (Å²) < 4.78 is 0. The minimum Gasteiger partial charge on any atom is -0.872 e. The van der Waals surface area contributed by atoms with Crippen molar-refractivity contribution < 1.29 is 74.3 Å². The van der Waals surface area contributed by atoms with Crippen molar-refractivity contribution in [3.8, 4) is 11.5 Å². The average Bonchev–Trinajstić information content (AvgIpc) is 2.95. The maximum atomic E-state index is 11.3. The van der Waals surface area contributed by atoms with Crippen LogP contribution in [-0.4, -0.2) is 57.8 Å². The van der Waals surface area contributed by atoms with Gasteiger partial charge in [0.05, 0.1) is 22.6 Å². The fraction of sp³-hybridized carbons (Fsp3) is 0.385. The minimum atomic E-state index is -1.75. The van der Waals surface area contributed by atoms with Crippen molar-refractivity contribution in [2.45, 2.75) is 51.4 Å². The van der Waals surface area contributed by atoms with E-state index >= 15 is 0 Å². The van der Waals surface area contributed by atoms with Gasteiger partial charge in [0.25, 0.3) is 0 Å². The molecule has 0 aliphatic rings. The molecule has 0 aromatic heterocycles. The summed E-state index contributed by atoms with van der Waals surface area (Å²) in [6.45, 7) is 0.306. The molecule has 2 radical (unpaired) electrons. The molecule has 0 atom stereocenters. The third-order valence-electron chi connectivity index (χ3n) is 4.75. The van der Waals surface area contributed by atoms with Crippen molar-refractivity contribution in [2.75, 3.05) is 13.2 Å². The van der Waals surface area contributed by atoms with E-state index in [9.17, 15) is 19.8 Å².